The van der Waals surface area contributed by atoms with E-state index in [1.807, 2.05) is 42.6 Å². The minimum absolute atomic E-state index is 0.112. The van der Waals surface area contributed by atoms with Crippen molar-refractivity contribution >= 4 is 40.5 Å². The van der Waals surface area contributed by atoms with Gasteiger partial charge in [-0.05, 0) is 54.5 Å². The molecule has 1 fully saturated rings. The number of fused-ring (bicyclic) bond motifs is 1. The lowest BCUT2D eigenvalue weighted by atomic mass is 10.1. The summed E-state index contributed by atoms with van der Waals surface area (Å²) in [6.45, 7) is 2.71. The fourth-order valence-corrected chi connectivity index (χ4v) is 4.27. The number of para-hydroxylation sites is 1. The average molecular weight is 466 g/mol. The van der Waals surface area contributed by atoms with E-state index in [0.717, 1.165) is 21.4 Å². The van der Waals surface area contributed by atoms with Crippen LogP contribution in [0.25, 0.3) is 17.0 Å². The molecule has 7 heteroatoms. The van der Waals surface area contributed by atoms with Crippen molar-refractivity contribution in [1.29, 1.82) is 0 Å². The third kappa shape index (κ3) is 4.08. The van der Waals surface area contributed by atoms with E-state index in [9.17, 15) is 14.4 Å². The maximum Gasteiger partial charge on any atom is 0.335 e. The number of anilines is 1. The molecular formula is C28H23N3O4. The summed E-state index contributed by atoms with van der Waals surface area (Å²) in [5, 5.41) is 3.18. The van der Waals surface area contributed by atoms with E-state index >= 15 is 0 Å². The van der Waals surface area contributed by atoms with Gasteiger partial charge in [0, 0.05) is 29.2 Å². The summed E-state index contributed by atoms with van der Waals surface area (Å²) in [4.78, 5) is 39.5. The van der Waals surface area contributed by atoms with Gasteiger partial charge >= 0.3 is 6.03 Å². The minimum atomic E-state index is -0.788. The molecule has 35 heavy (non-hydrogen) atoms. The Morgan fingerprint density at radius 3 is 2.37 bits per heavy atom. The molecule has 3 aromatic carbocycles. The molecule has 0 atom stereocenters. The maximum absolute atomic E-state index is 13.3. The first-order valence-electron chi connectivity index (χ1n) is 11.1. The van der Waals surface area contributed by atoms with Gasteiger partial charge < -0.3 is 9.30 Å². The Labute approximate surface area is 202 Å². The highest BCUT2D eigenvalue weighted by Gasteiger charge is 2.37. The summed E-state index contributed by atoms with van der Waals surface area (Å²) in [5.74, 6) is -0.813. The fraction of sp³-hybridized carbons (Fsp3) is 0.107. The van der Waals surface area contributed by atoms with Crippen molar-refractivity contribution in [2.24, 2.45) is 0 Å². The van der Waals surface area contributed by atoms with Gasteiger partial charge in [-0.1, -0.05) is 42.5 Å². The van der Waals surface area contributed by atoms with Crippen molar-refractivity contribution in [2.75, 3.05) is 12.0 Å². The van der Waals surface area contributed by atoms with Crippen LogP contribution in [0.3, 0.4) is 0 Å². The molecule has 0 bridgehead atoms. The molecule has 4 amide bonds. The highest BCUT2D eigenvalue weighted by molar-refractivity contribution is 6.39. The van der Waals surface area contributed by atoms with Crippen molar-refractivity contribution in [3.8, 4) is 5.75 Å². The zero-order valence-electron chi connectivity index (χ0n) is 19.3. The molecule has 0 unspecified atom stereocenters. The van der Waals surface area contributed by atoms with Crippen molar-refractivity contribution in [3.63, 3.8) is 0 Å². The zero-order chi connectivity index (χ0) is 24.5. The predicted molar refractivity (Wildman–Crippen MR) is 134 cm³/mol. The first-order chi connectivity index (χ1) is 17.0. The summed E-state index contributed by atoms with van der Waals surface area (Å²) in [6, 6.07) is 21.7. The third-order valence-electron chi connectivity index (χ3n) is 6.15. The number of carbonyl (C=O) groups is 3. The summed E-state index contributed by atoms with van der Waals surface area (Å²) in [7, 11) is 1.53. The molecule has 0 aliphatic carbocycles. The number of hydrogen-bond donors (Lipinski definition) is 1. The number of imide groups is 2. The smallest absolute Gasteiger partial charge is 0.335 e. The maximum atomic E-state index is 13.3. The number of ether oxygens (including phenoxy) is 1. The van der Waals surface area contributed by atoms with Gasteiger partial charge in [-0.25, -0.2) is 9.69 Å². The molecule has 2 heterocycles. The minimum Gasteiger partial charge on any atom is -0.497 e. The van der Waals surface area contributed by atoms with Gasteiger partial charge in [-0.15, -0.1) is 0 Å². The van der Waals surface area contributed by atoms with E-state index < -0.39 is 17.8 Å². The van der Waals surface area contributed by atoms with Crippen LogP contribution < -0.4 is 15.0 Å². The van der Waals surface area contributed by atoms with Crippen molar-refractivity contribution < 1.29 is 19.1 Å². The van der Waals surface area contributed by atoms with Gasteiger partial charge in [-0.3, -0.25) is 14.9 Å². The number of hydrogen-bond acceptors (Lipinski definition) is 4. The second-order valence-corrected chi connectivity index (χ2v) is 8.31. The number of amides is 4. The summed E-state index contributed by atoms with van der Waals surface area (Å²) in [5.41, 5.74) is 4.29. The first kappa shape index (κ1) is 22.2. The molecule has 1 aliphatic heterocycles. The van der Waals surface area contributed by atoms with Gasteiger partial charge in [0.05, 0.1) is 12.8 Å². The molecule has 1 aliphatic rings. The van der Waals surface area contributed by atoms with E-state index in [1.165, 1.54) is 18.2 Å². The number of methoxy groups -OCH3 is 1. The summed E-state index contributed by atoms with van der Waals surface area (Å²) >= 11 is 0. The van der Waals surface area contributed by atoms with Gasteiger partial charge in [0.1, 0.15) is 11.3 Å². The number of rotatable bonds is 5. The van der Waals surface area contributed by atoms with E-state index in [-0.39, 0.29) is 5.57 Å². The fourth-order valence-electron chi connectivity index (χ4n) is 4.27. The topological polar surface area (TPSA) is 80.6 Å². The molecule has 1 N–H and O–H groups in total. The molecule has 7 nitrogen and oxygen atoms in total. The Hall–Kier alpha value is -4.65. The number of nitrogens with one attached hydrogen (secondary N) is 1. The van der Waals surface area contributed by atoms with E-state index in [2.05, 4.69) is 28.9 Å². The number of carbonyl (C=O) groups excluding carboxylic acids is 3. The lowest BCUT2D eigenvalue weighted by Gasteiger charge is -2.26. The van der Waals surface area contributed by atoms with Gasteiger partial charge in [-0.2, -0.15) is 0 Å². The third-order valence-corrected chi connectivity index (χ3v) is 6.15. The van der Waals surface area contributed by atoms with Gasteiger partial charge in [0.15, 0.2) is 0 Å². The number of barbiturate groups is 1. The molecule has 0 spiro atoms. The van der Waals surface area contributed by atoms with E-state index in [0.29, 0.717) is 18.0 Å². The molecule has 174 valence electrons. The lowest BCUT2D eigenvalue weighted by molar-refractivity contribution is -0.122. The van der Waals surface area contributed by atoms with Crippen molar-refractivity contribution in [1.82, 2.24) is 9.88 Å². The number of nitrogens with zero attached hydrogens (tertiary/aromatic N) is 2. The normalized spacial score (nSPS) is 15.1. The van der Waals surface area contributed by atoms with Crippen LogP contribution in [0.4, 0.5) is 10.5 Å². The molecular weight excluding hydrogens is 442 g/mol. The predicted octanol–water partition coefficient (Wildman–Crippen LogP) is 4.67. The molecule has 1 aromatic heterocycles. The Bertz CT molecular complexity index is 1500. The Morgan fingerprint density at radius 2 is 1.63 bits per heavy atom. The molecule has 4 aromatic rings. The lowest BCUT2D eigenvalue weighted by Crippen LogP contribution is -2.54. The van der Waals surface area contributed by atoms with Crippen LogP contribution >= 0.6 is 0 Å². The van der Waals surface area contributed by atoms with Crippen molar-refractivity contribution in [2.45, 2.75) is 13.5 Å². The van der Waals surface area contributed by atoms with Crippen LogP contribution in [-0.4, -0.2) is 29.5 Å². The standard InChI is InChI=1S/C28H23N3O4/c1-18-7-3-4-8-19(18)16-30-17-20(23-9-5-6-10-25(23)30)15-24-26(32)29-28(34)31(27(24)33)21-11-13-22(35-2)14-12-21/h3-15,17H,16H2,1-2H3,(H,29,32,34). The summed E-state index contributed by atoms with van der Waals surface area (Å²) < 4.78 is 7.25. The Morgan fingerprint density at radius 1 is 0.914 bits per heavy atom. The number of aromatic nitrogens is 1. The number of urea groups is 1. The van der Waals surface area contributed by atoms with Gasteiger partial charge in [0.25, 0.3) is 11.8 Å². The van der Waals surface area contributed by atoms with Gasteiger partial charge in [0.2, 0.25) is 0 Å². The first-order valence-corrected chi connectivity index (χ1v) is 11.1. The molecule has 5 rings (SSSR count). The quantitative estimate of drug-likeness (QED) is 0.343. The SMILES string of the molecule is COc1ccc(N2C(=O)NC(=O)C(=Cc3cn(Cc4ccccc4C)c4ccccc34)C2=O)cc1. The monoisotopic (exact) mass is 465 g/mol. The van der Waals surface area contributed by atoms with Crippen LogP contribution in [0.15, 0.2) is 84.6 Å². The summed E-state index contributed by atoms with van der Waals surface area (Å²) in [6.07, 6.45) is 3.48. The molecule has 0 saturated carbocycles. The molecule has 1 saturated heterocycles. The van der Waals surface area contributed by atoms with E-state index in [1.54, 1.807) is 30.3 Å². The molecule has 0 radical (unpaired) electrons. The second kappa shape index (κ2) is 8.95. The van der Waals surface area contributed by atoms with Crippen LogP contribution in [0.1, 0.15) is 16.7 Å². The Balaban J connectivity index is 1.56. The van der Waals surface area contributed by atoms with Crippen LogP contribution in [-0.2, 0) is 16.1 Å². The van der Waals surface area contributed by atoms with Crippen LogP contribution in [0.2, 0.25) is 0 Å². The highest BCUT2D eigenvalue weighted by Crippen LogP contribution is 2.28. The highest BCUT2D eigenvalue weighted by atomic mass is 16.5. The zero-order valence-corrected chi connectivity index (χ0v) is 19.3. The van der Waals surface area contributed by atoms with Crippen molar-refractivity contribution in [3.05, 3.63) is 101 Å². The second-order valence-electron chi connectivity index (χ2n) is 8.31. The van der Waals surface area contributed by atoms with Crippen LogP contribution in [0, 0.1) is 6.92 Å². The number of benzene rings is 3. The number of aryl methyl sites for hydroxylation is 1. The average Bonchev–Trinajstić information content (AvgIpc) is 3.20. The Kier molecular flexibility index (Phi) is 5.66. The van der Waals surface area contributed by atoms with E-state index in [4.69, 9.17) is 4.74 Å². The largest absolute Gasteiger partial charge is 0.497 e. The van der Waals surface area contributed by atoms with Crippen LogP contribution in [0.5, 0.6) is 5.75 Å².